The second-order valence-electron chi connectivity index (χ2n) is 5.20. The summed E-state index contributed by atoms with van der Waals surface area (Å²) in [6, 6.07) is -1.98. The van der Waals surface area contributed by atoms with Crippen molar-refractivity contribution in [3.8, 4) is 0 Å². The highest BCUT2D eigenvalue weighted by atomic mass is 16.7. The number of amides is 2. The van der Waals surface area contributed by atoms with E-state index in [1.54, 1.807) is 5.43 Å². The molecule has 0 aliphatic carbocycles. The lowest BCUT2D eigenvalue weighted by atomic mass is 10.1. The third-order valence-electron chi connectivity index (χ3n) is 3.21. The topological polar surface area (TPSA) is 227 Å². The van der Waals surface area contributed by atoms with Gasteiger partial charge in [0.25, 0.3) is 11.9 Å². The van der Waals surface area contributed by atoms with Crippen LogP contribution in [-0.4, -0.2) is 56.6 Å². The van der Waals surface area contributed by atoms with Crippen LogP contribution in [0.2, 0.25) is 0 Å². The Morgan fingerprint density at radius 3 is 2.77 bits per heavy atom. The number of rotatable bonds is 10. The van der Waals surface area contributed by atoms with E-state index in [0.717, 1.165) is 0 Å². The summed E-state index contributed by atoms with van der Waals surface area (Å²) >= 11 is 0. The number of nitro groups is 1. The summed E-state index contributed by atoms with van der Waals surface area (Å²) in [5, 5.41) is 20.5. The zero-order chi connectivity index (χ0) is 19.5. The van der Waals surface area contributed by atoms with Crippen molar-refractivity contribution in [1.82, 2.24) is 26.2 Å². The molecule has 1 heterocycles. The zero-order valence-corrected chi connectivity index (χ0v) is 13.7. The van der Waals surface area contributed by atoms with Crippen molar-refractivity contribution in [1.29, 1.82) is 0 Å². The van der Waals surface area contributed by atoms with Crippen LogP contribution in [0, 0.1) is 10.1 Å². The summed E-state index contributed by atoms with van der Waals surface area (Å²) in [6.45, 7) is 0.0674. The largest absolute Gasteiger partial charge is 0.365 e. The van der Waals surface area contributed by atoms with Crippen molar-refractivity contribution in [2.75, 3.05) is 6.54 Å². The van der Waals surface area contributed by atoms with Crippen LogP contribution in [0.15, 0.2) is 17.5 Å². The zero-order valence-electron chi connectivity index (χ0n) is 13.7. The Balaban J connectivity index is 2.51. The predicted octanol–water partition coefficient (Wildman–Crippen LogP) is -2.85. The van der Waals surface area contributed by atoms with E-state index in [9.17, 15) is 19.7 Å². The number of hydrazine groups is 1. The van der Waals surface area contributed by atoms with Crippen LogP contribution in [0.1, 0.15) is 18.5 Å². The molecule has 144 valence electrons. The molecule has 2 atom stereocenters. The number of aliphatic imine (C=N–C) groups is 1. The third kappa shape index (κ3) is 7.54. The van der Waals surface area contributed by atoms with Crippen LogP contribution in [0.3, 0.4) is 0 Å². The molecule has 1 aromatic rings. The van der Waals surface area contributed by atoms with Gasteiger partial charge in [-0.2, -0.15) is 0 Å². The van der Waals surface area contributed by atoms with Gasteiger partial charge in [0.1, 0.15) is 6.04 Å². The third-order valence-corrected chi connectivity index (χ3v) is 3.21. The van der Waals surface area contributed by atoms with Gasteiger partial charge in [-0.15, -0.1) is 0 Å². The molecule has 0 aliphatic heterocycles. The number of nitrogens with two attached hydrogens (primary N) is 2. The fourth-order valence-corrected chi connectivity index (χ4v) is 1.98. The molecule has 0 spiro atoms. The standard InChI is InChI=1S/C12H21N9O5/c13-8(4-7-5-15-6-17-7)10(22)18-9(11(23)20-24)2-1-3-16-12(14)19-21(25)26/h5-6,8-9,24H,1-4,13H2,(H,15,17)(H,18,22)(H,20,23)(H3,14,16,19)/t8?,9-/m0/s1. The highest BCUT2D eigenvalue weighted by Crippen LogP contribution is 2.01. The number of nitrogens with one attached hydrogen (secondary N) is 4. The van der Waals surface area contributed by atoms with Crippen LogP contribution in [0.4, 0.5) is 0 Å². The first-order valence-corrected chi connectivity index (χ1v) is 7.51. The number of H-pyrrole nitrogens is 1. The van der Waals surface area contributed by atoms with E-state index < -0.39 is 28.9 Å². The maximum absolute atomic E-state index is 12.1. The quantitative estimate of drug-likeness (QED) is 0.0559. The summed E-state index contributed by atoms with van der Waals surface area (Å²) in [5.74, 6) is -1.80. The molecule has 0 saturated carbocycles. The van der Waals surface area contributed by atoms with Crippen molar-refractivity contribution < 1.29 is 19.8 Å². The van der Waals surface area contributed by atoms with Crippen molar-refractivity contribution >= 4 is 17.8 Å². The van der Waals surface area contributed by atoms with E-state index in [4.69, 9.17) is 16.7 Å². The molecule has 0 radical (unpaired) electrons. The van der Waals surface area contributed by atoms with Crippen molar-refractivity contribution in [2.45, 2.75) is 31.3 Å². The number of aromatic nitrogens is 2. The molecule has 0 fully saturated rings. The Hall–Kier alpha value is -3.26. The number of carbonyl (C=O) groups is 2. The van der Waals surface area contributed by atoms with Crippen molar-refractivity contribution in [2.24, 2.45) is 16.5 Å². The molecule has 2 amide bonds. The summed E-state index contributed by atoms with van der Waals surface area (Å²) in [4.78, 5) is 44.2. The molecule has 0 saturated heterocycles. The molecule has 0 bridgehead atoms. The fourth-order valence-electron chi connectivity index (χ4n) is 1.98. The monoisotopic (exact) mass is 371 g/mol. The molecule has 9 N–H and O–H groups in total. The van der Waals surface area contributed by atoms with Gasteiger partial charge in [-0.25, -0.2) is 25.6 Å². The molecule has 1 rings (SSSR count). The van der Waals surface area contributed by atoms with Crippen LogP contribution in [0.25, 0.3) is 0 Å². The molecule has 0 aliphatic rings. The number of guanidine groups is 1. The number of hydrogen-bond donors (Lipinski definition) is 7. The highest BCUT2D eigenvalue weighted by molar-refractivity contribution is 5.89. The minimum absolute atomic E-state index is 0.0674. The Morgan fingerprint density at radius 2 is 2.19 bits per heavy atom. The highest BCUT2D eigenvalue weighted by Gasteiger charge is 2.23. The van der Waals surface area contributed by atoms with Gasteiger partial charge in [0.05, 0.1) is 12.4 Å². The molecule has 14 heteroatoms. The summed E-state index contributed by atoms with van der Waals surface area (Å²) < 4.78 is 0. The van der Waals surface area contributed by atoms with E-state index in [1.807, 2.05) is 0 Å². The average Bonchev–Trinajstić information content (AvgIpc) is 3.08. The first kappa shape index (κ1) is 20.8. The Kier molecular flexibility index (Phi) is 8.45. The van der Waals surface area contributed by atoms with E-state index >= 15 is 0 Å². The number of imidazole rings is 1. The lowest BCUT2D eigenvalue weighted by molar-refractivity contribution is -0.525. The lowest BCUT2D eigenvalue weighted by Crippen LogP contribution is -2.51. The number of carbonyl (C=O) groups excluding carboxylic acids is 2. The smallest absolute Gasteiger partial charge is 0.265 e. The summed E-state index contributed by atoms with van der Waals surface area (Å²) in [7, 11) is 0. The summed E-state index contributed by atoms with van der Waals surface area (Å²) in [6.07, 6.45) is 3.51. The normalized spacial score (nSPS) is 13.5. The van der Waals surface area contributed by atoms with Gasteiger partial charge in [0, 0.05) is 24.9 Å². The van der Waals surface area contributed by atoms with Gasteiger partial charge < -0.3 is 21.8 Å². The molecule has 26 heavy (non-hydrogen) atoms. The first-order valence-electron chi connectivity index (χ1n) is 7.51. The number of nitrogens with zero attached hydrogens (tertiary/aromatic N) is 3. The van der Waals surface area contributed by atoms with E-state index in [2.05, 4.69) is 20.3 Å². The number of hydroxylamine groups is 1. The van der Waals surface area contributed by atoms with Gasteiger partial charge >= 0.3 is 0 Å². The van der Waals surface area contributed by atoms with E-state index in [1.165, 1.54) is 18.0 Å². The van der Waals surface area contributed by atoms with Gasteiger partial charge in [-0.1, -0.05) is 5.43 Å². The van der Waals surface area contributed by atoms with Gasteiger partial charge in [-0.05, 0) is 12.8 Å². The SMILES string of the molecule is NC(=NCCC[C@H](NC(=O)C(N)Cc1cnc[nH]1)C(=O)NO)N[N+](=O)[O-]. The Bertz CT molecular complexity index is 633. The van der Waals surface area contributed by atoms with Crippen LogP contribution >= 0.6 is 0 Å². The van der Waals surface area contributed by atoms with Crippen LogP contribution < -0.4 is 27.7 Å². The fraction of sp³-hybridized carbons (Fsp3) is 0.500. The molecule has 14 nitrogen and oxygen atoms in total. The molecular weight excluding hydrogens is 350 g/mol. The molecule has 1 aromatic heterocycles. The van der Waals surface area contributed by atoms with Crippen LogP contribution in [-0.2, 0) is 16.0 Å². The number of aromatic amines is 1. The second-order valence-corrected chi connectivity index (χ2v) is 5.20. The van der Waals surface area contributed by atoms with Crippen molar-refractivity contribution in [3.63, 3.8) is 0 Å². The predicted molar refractivity (Wildman–Crippen MR) is 88.0 cm³/mol. The second kappa shape index (κ2) is 10.6. The maximum atomic E-state index is 12.1. The lowest BCUT2D eigenvalue weighted by Gasteiger charge is -2.19. The first-order chi connectivity index (χ1) is 12.3. The molecular formula is C12H21N9O5. The van der Waals surface area contributed by atoms with Crippen molar-refractivity contribution in [3.05, 3.63) is 28.3 Å². The maximum Gasteiger partial charge on any atom is 0.265 e. The van der Waals surface area contributed by atoms with Gasteiger partial charge in [0.2, 0.25) is 5.91 Å². The minimum atomic E-state index is -1.06. The van der Waals surface area contributed by atoms with E-state index in [0.29, 0.717) is 5.69 Å². The number of hydrogen-bond acceptors (Lipinski definition) is 8. The molecule has 1 unspecified atom stereocenters. The average molecular weight is 371 g/mol. The Labute approximate surface area is 147 Å². The van der Waals surface area contributed by atoms with Crippen LogP contribution in [0.5, 0.6) is 0 Å². The summed E-state index contributed by atoms with van der Waals surface area (Å²) in [5.41, 5.74) is 14.8. The van der Waals surface area contributed by atoms with Gasteiger partial charge in [-0.3, -0.25) is 14.8 Å². The Morgan fingerprint density at radius 1 is 1.46 bits per heavy atom. The molecule has 0 aromatic carbocycles. The van der Waals surface area contributed by atoms with E-state index in [-0.39, 0.29) is 31.8 Å². The van der Waals surface area contributed by atoms with Gasteiger partial charge in [0.15, 0.2) is 5.03 Å². The minimum Gasteiger partial charge on any atom is -0.365 e.